The standard InChI is InChI=1S/C14H22F2N2O2S/c1-12(2,20)13(3)10(19)18-11(21-13)17-8-9-6-4-5-7-14(9,15)16/h9,20H,4-8H2,1-3H3,(H,17,18,19)/t9?,13-/m1/s1. The zero-order valence-electron chi connectivity index (χ0n) is 12.6. The van der Waals surface area contributed by atoms with Gasteiger partial charge in [0.05, 0.1) is 12.1 Å². The van der Waals surface area contributed by atoms with E-state index in [0.717, 1.165) is 18.2 Å². The molecule has 1 aliphatic carbocycles. The van der Waals surface area contributed by atoms with E-state index in [4.69, 9.17) is 0 Å². The molecule has 2 N–H and O–H groups in total. The lowest BCUT2D eigenvalue weighted by molar-refractivity contribution is -0.126. The summed E-state index contributed by atoms with van der Waals surface area (Å²) in [5.41, 5.74) is -1.23. The maximum absolute atomic E-state index is 13.8. The Labute approximate surface area is 127 Å². The Balaban J connectivity index is 2.06. The molecular weight excluding hydrogens is 298 g/mol. The predicted octanol–water partition coefficient (Wildman–Crippen LogP) is 2.56. The Morgan fingerprint density at radius 2 is 2.14 bits per heavy atom. The Morgan fingerprint density at radius 1 is 1.48 bits per heavy atom. The van der Waals surface area contributed by atoms with Crippen molar-refractivity contribution in [2.45, 2.75) is 62.7 Å². The summed E-state index contributed by atoms with van der Waals surface area (Å²) in [7, 11) is 0. The summed E-state index contributed by atoms with van der Waals surface area (Å²) in [6, 6.07) is 0. The molecule has 21 heavy (non-hydrogen) atoms. The summed E-state index contributed by atoms with van der Waals surface area (Å²) >= 11 is 1.11. The van der Waals surface area contributed by atoms with Crippen LogP contribution in [0.3, 0.4) is 0 Å². The van der Waals surface area contributed by atoms with Gasteiger partial charge in [-0.2, -0.15) is 0 Å². The molecule has 2 rings (SSSR count). The molecule has 1 aliphatic heterocycles. The zero-order valence-corrected chi connectivity index (χ0v) is 13.4. The van der Waals surface area contributed by atoms with Crippen molar-refractivity contribution in [2.24, 2.45) is 10.9 Å². The molecule has 1 heterocycles. The summed E-state index contributed by atoms with van der Waals surface area (Å²) in [5.74, 6) is -3.77. The first-order valence-corrected chi connectivity index (χ1v) is 8.03. The number of aliphatic imine (C=N–C) groups is 1. The second-order valence-electron chi connectivity index (χ2n) is 6.50. The van der Waals surface area contributed by atoms with Crippen LogP contribution < -0.4 is 5.32 Å². The van der Waals surface area contributed by atoms with Gasteiger partial charge >= 0.3 is 0 Å². The molecule has 1 saturated carbocycles. The fourth-order valence-corrected chi connectivity index (χ4v) is 3.60. The van der Waals surface area contributed by atoms with Gasteiger partial charge in [0.2, 0.25) is 5.91 Å². The third-order valence-corrected chi connectivity index (χ3v) is 6.00. The van der Waals surface area contributed by atoms with Crippen LogP contribution in [0.5, 0.6) is 0 Å². The van der Waals surface area contributed by atoms with Gasteiger partial charge in [-0.15, -0.1) is 0 Å². The maximum atomic E-state index is 13.8. The van der Waals surface area contributed by atoms with Gasteiger partial charge in [-0.1, -0.05) is 18.2 Å². The van der Waals surface area contributed by atoms with Crippen LogP contribution in [0.15, 0.2) is 4.99 Å². The molecule has 0 bridgehead atoms. The van der Waals surface area contributed by atoms with Gasteiger partial charge in [0.25, 0.3) is 5.92 Å². The van der Waals surface area contributed by atoms with E-state index in [9.17, 15) is 18.7 Å². The molecular formula is C14H22F2N2O2S. The van der Waals surface area contributed by atoms with Gasteiger partial charge < -0.3 is 10.4 Å². The molecule has 120 valence electrons. The number of amidine groups is 1. The summed E-state index contributed by atoms with van der Waals surface area (Å²) in [6.07, 6.45) is 1.74. The van der Waals surface area contributed by atoms with E-state index in [1.165, 1.54) is 0 Å². The fourth-order valence-electron chi connectivity index (χ4n) is 2.54. The zero-order chi connectivity index (χ0) is 15.9. The van der Waals surface area contributed by atoms with Crippen molar-refractivity contribution in [3.05, 3.63) is 0 Å². The molecule has 2 aliphatic rings. The monoisotopic (exact) mass is 320 g/mol. The Bertz CT molecular complexity index is 462. The number of hydrogen-bond donors (Lipinski definition) is 2. The molecule has 2 atom stereocenters. The van der Waals surface area contributed by atoms with Crippen molar-refractivity contribution in [3.8, 4) is 0 Å². The Hall–Kier alpha value is -0.690. The van der Waals surface area contributed by atoms with E-state index in [-0.39, 0.29) is 18.9 Å². The normalized spacial score (nSPS) is 35.0. The van der Waals surface area contributed by atoms with Crippen LogP contribution in [-0.2, 0) is 4.79 Å². The molecule has 4 nitrogen and oxygen atoms in total. The van der Waals surface area contributed by atoms with E-state index < -0.39 is 22.2 Å². The number of carbonyl (C=O) groups is 1. The highest BCUT2D eigenvalue weighted by Gasteiger charge is 2.52. The lowest BCUT2D eigenvalue weighted by Crippen LogP contribution is -2.50. The van der Waals surface area contributed by atoms with Crippen LogP contribution in [0.1, 0.15) is 46.5 Å². The van der Waals surface area contributed by atoms with Gasteiger partial charge in [0.1, 0.15) is 4.75 Å². The molecule has 1 unspecified atom stereocenters. The van der Waals surface area contributed by atoms with E-state index in [1.54, 1.807) is 20.8 Å². The number of halogens is 2. The first-order valence-electron chi connectivity index (χ1n) is 7.21. The van der Waals surface area contributed by atoms with Gasteiger partial charge in [0, 0.05) is 12.3 Å². The third kappa shape index (κ3) is 3.23. The summed E-state index contributed by atoms with van der Waals surface area (Å²) in [6.45, 7) is 4.75. The molecule has 2 fully saturated rings. The predicted molar refractivity (Wildman–Crippen MR) is 79.6 cm³/mol. The largest absolute Gasteiger partial charge is 0.388 e. The highest BCUT2D eigenvalue weighted by Crippen LogP contribution is 2.42. The van der Waals surface area contributed by atoms with Crippen LogP contribution >= 0.6 is 11.8 Å². The number of carbonyl (C=O) groups excluding carboxylic acids is 1. The highest BCUT2D eigenvalue weighted by molar-refractivity contribution is 8.16. The first-order chi connectivity index (χ1) is 9.56. The molecule has 0 aromatic rings. The number of amides is 1. The highest BCUT2D eigenvalue weighted by atomic mass is 32.2. The number of aliphatic hydroxyl groups is 1. The number of nitrogens with one attached hydrogen (secondary N) is 1. The molecule has 0 aromatic carbocycles. The average molecular weight is 320 g/mol. The van der Waals surface area contributed by atoms with E-state index in [0.29, 0.717) is 18.0 Å². The number of alkyl halides is 2. The molecule has 0 spiro atoms. The van der Waals surface area contributed by atoms with E-state index in [2.05, 4.69) is 10.3 Å². The lowest BCUT2D eigenvalue weighted by Gasteiger charge is -2.32. The Morgan fingerprint density at radius 3 is 2.67 bits per heavy atom. The molecule has 1 amide bonds. The second kappa shape index (κ2) is 5.50. The minimum atomic E-state index is -2.67. The number of rotatable bonds is 3. The summed E-state index contributed by atoms with van der Waals surface area (Å²) in [5, 5.41) is 13.0. The molecule has 0 aromatic heterocycles. The van der Waals surface area contributed by atoms with Gasteiger partial charge in [-0.25, -0.2) is 8.78 Å². The quantitative estimate of drug-likeness (QED) is 0.840. The van der Waals surface area contributed by atoms with Crippen LogP contribution in [0.25, 0.3) is 0 Å². The van der Waals surface area contributed by atoms with E-state index >= 15 is 0 Å². The van der Waals surface area contributed by atoms with Crippen molar-refractivity contribution < 1.29 is 18.7 Å². The van der Waals surface area contributed by atoms with E-state index in [1.807, 2.05) is 0 Å². The summed E-state index contributed by atoms with van der Waals surface area (Å²) in [4.78, 5) is 16.2. The number of nitrogens with zero attached hydrogens (tertiary/aromatic N) is 1. The maximum Gasteiger partial charge on any atom is 0.252 e. The summed E-state index contributed by atoms with van der Waals surface area (Å²) < 4.78 is 26.5. The smallest absolute Gasteiger partial charge is 0.252 e. The van der Waals surface area contributed by atoms with Crippen molar-refractivity contribution >= 4 is 22.8 Å². The van der Waals surface area contributed by atoms with Crippen molar-refractivity contribution in [3.63, 3.8) is 0 Å². The third-order valence-electron chi connectivity index (χ3n) is 4.49. The SMILES string of the molecule is CC(C)(O)[C@]1(C)SC(=NCC2CCCCC2(F)F)NC1=O. The molecule has 0 radical (unpaired) electrons. The fraction of sp³-hybridized carbons (Fsp3) is 0.857. The molecule has 1 saturated heterocycles. The minimum absolute atomic E-state index is 0.0115. The van der Waals surface area contributed by atoms with Gasteiger partial charge in [0.15, 0.2) is 5.17 Å². The van der Waals surface area contributed by atoms with Crippen LogP contribution in [0.2, 0.25) is 0 Å². The van der Waals surface area contributed by atoms with Crippen LogP contribution in [0, 0.1) is 5.92 Å². The lowest BCUT2D eigenvalue weighted by atomic mass is 9.86. The van der Waals surface area contributed by atoms with Gasteiger partial charge in [-0.3, -0.25) is 9.79 Å². The topological polar surface area (TPSA) is 61.7 Å². The molecule has 7 heteroatoms. The Kier molecular flexibility index (Phi) is 4.37. The van der Waals surface area contributed by atoms with Crippen molar-refractivity contribution in [2.75, 3.05) is 6.54 Å². The van der Waals surface area contributed by atoms with Crippen molar-refractivity contribution in [1.82, 2.24) is 5.32 Å². The number of thioether (sulfide) groups is 1. The first kappa shape index (κ1) is 16.7. The van der Waals surface area contributed by atoms with Crippen molar-refractivity contribution in [1.29, 1.82) is 0 Å². The van der Waals surface area contributed by atoms with Crippen LogP contribution in [-0.4, -0.2) is 39.0 Å². The van der Waals surface area contributed by atoms with Gasteiger partial charge in [-0.05, 0) is 33.6 Å². The second-order valence-corrected chi connectivity index (χ2v) is 7.91. The van der Waals surface area contributed by atoms with Crippen LogP contribution in [0.4, 0.5) is 8.78 Å². The minimum Gasteiger partial charge on any atom is -0.388 e. The number of hydrogen-bond acceptors (Lipinski definition) is 4. The average Bonchev–Trinajstić information content (AvgIpc) is 2.64.